The summed E-state index contributed by atoms with van der Waals surface area (Å²) < 4.78 is 0. The van der Waals surface area contributed by atoms with Gasteiger partial charge in [-0.2, -0.15) is 0 Å². The van der Waals surface area contributed by atoms with Crippen molar-refractivity contribution in [3.05, 3.63) is 0 Å². The number of rotatable bonds is 27. The second kappa shape index (κ2) is 25.6. The Bertz CT molecular complexity index is 421. The zero-order valence-electron chi connectivity index (χ0n) is 23.6. The molecule has 0 saturated carbocycles. The Labute approximate surface area is 215 Å². The van der Waals surface area contributed by atoms with Crippen LogP contribution in [0.2, 0.25) is 0 Å². The van der Waals surface area contributed by atoms with Gasteiger partial charge in [0.2, 0.25) is 5.91 Å². The summed E-state index contributed by atoms with van der Waals surface area (Å²) in [6.07, 6.45) is 39.3. The molecule has 1 heterocycles. The van der Waals surface area contributed by atoms with Gasteiger partial charge in [-0.15, -0.1) is 0 Å². The first-order valence-electron chi connectivity index (χ1n) is 16.1. The van der Waals surface area contributed by atoms with Gasteiger partial charge in [-0.05, 0) is 12.8 Å². The number of unbranched alkanes of at least 4 members (excludes halogenated alkanes) is 25. The van der Waals surface area contributed by atoms with Crippen LogP contribution in [-0.4, -0.2) is 23.9 Å². The maximum Gasteiger partial charge on any atom is 0.222 e. The van der Waals surface area contributed by atoms with Crippen LogP contribution in [0.15, 0.2) is 0 Å². The Morgan fingerprint density at radius 2 is 0.765 bits per heavy atom. The predicted molar refractivity (Wildman–Crippen MR) is 152 cm³/mol. The van der Waals surface area contributed by atoms with E-state index in [1.54, 1.807) is 0 Å². The van der Waals surface area contributed by atoms with Gasteiger partial charge in [0, 0.05) is 19.5 Å². The van der Waals surface area contributed by atoms with Gasteiger partial charge >= 0.3 is 0 Å². The van der Waals surface area contributed by atoms with Crippen LogP contribution in [0.4, 0.5) is 0 Å². The van der Waals surface area contributed by atoms with Crippen LogP contribution >= 0.6 is 0 Å². The topological polar surface area (TPSA) is 20.3 Å². The molecule has 2 heteroatoms. The summed E-state index contributed by atoms with van der Waals surface area (Å²) in [5.74, 6) is 0.389. The normalized spacial score (nSPS) is 13.9. The molecular weight excluding hydrogens is 414 g/mol. The van der Waals surface area contributed by atoms with Crippen molar-refractivity contribution in [3.63, 3.8) is 0 Å². The minimum absolute atomic E-state index is 0.389. The Morgan fingerprint density at radius 3 is 1.03 bits per heavy atom. The fourth-order valence-corrected chi connectivity index (χ4v) is 5.56. The van der Waals surface area contributed by atoms with Crippen LogP contribution in [0.3, 0.4) is 0 Å². The van der Waals surface area contributed by atoms with E-state index in [1.807, 2.05) is 0 Å². The quantitative estimate of drug-likeness (QED) is 0.108. The molecule has 0 aliphatic carbocycles. The number of nitrogens with zero attached hydrogens (tertiary/aromatic N) is 1. The van der Waals surface area contributed by atoms with E-state index >= 15 is 0 Å². The highest BCUT2D eigenvalue weighted by atomic mass is 16.2. The van der Waals surface area contributed by atoms with Crippen molar-refractivity contribution < 1.29 is 4.79 Å². The minimum atomic E-state index is 0.389. The van der Waals surface area contributed by atoms with Crippen molar-refractivity contribution in [3.8, 4) is 0 Å². The summed E-state index contributed by atoms with van der Waals surface area (Å²) >= 11 is 0. The molecule has 1 rings (SSSR count). The van der Waals surface area contributed by atoms with Crippen LogP contribution in [0.1, 0.15) is 187 Å². The molecule has 0 unspecified atom stereocenters. The van der Waals surface area contributed by atoms with E-state index in [0.717, 1.165) is 25.9 Å². The van der Waals surface area contributed by atoms with Gasteiger partial charge in [-0.25, -0.2) is 0 Å². The van der Waals surface area contributed by atoms with E-state index in [1.165, 1.54) is 167 Å². The third kappa shape index (κ3) is 20.8. The maximum absolute atomic E-state index is 11.6. The molecular formula is C32H63NO. The molecule has 0 spiro atoms. The van der Waals surface area contributed by atoms with Gasteiger partial charge < -0.3 is 4.90 Å². The van der Waals surface area contributed by atoms with Gasteiger partial charge in [0.15, 0.2) is 0 Å². The van der Waals surface area contributed by atoms with E-state index < -0.39 is 0 Å². The molecule has 1 aliphatic heterocycles. The molecule has 0 bridgehead atoms. The molecule has 34 heavy (non-hydrogen) atoms. The zero-order valence-corrected chi connectivity index (χ0v) is 23.6. The Kier molecular flexibility index (Phi) is 23.7. The lowest BCUT2D eigenvalue weighted by molar-refractivity contribution is -0.127. The summed E-state index contributed by atoms with van der Waals surface area (Å²) in [6.45, 7) is 4.33. The highest BCUT2D eigenvalue weighted by Gasteiger charge is 2.18. The molecule has 202 valence electrons. The highest BCUT2D eigenvalue weighted by molar-refractivity contribution is 5.77. The number of carbonyl (C=O) groups excluding carboxylic acids is 1. The summed E-state index contributed by atoms with van der Waals surface area (Å²) in [5.41, 5.74) is 0. The molecule has 0 aromatic carbocycles. The second-order valence-corrected chi connectivity index (χ2v) is 11.3. The fraction of sp³-hybridized carbons (Fsp3) is 0.969. The molecule has 1 fully saturated rings. The van der Waals surface area contributed by atoms with Crippen LogP contribution in [-0.2, 0) is 4.79 Å². The number of hydrogen-bond acceptors (Lipinski definition) is 1. The number of hydrogen-bond donors (Lipinski definition) is 0. The van der Waals surface area contributed by atoms with Crippen LogP contribution in [0, 0.1) is 0 Å². The largest absolute Gasteiger partial charge is 0.343 e. The smallest absolute Gasteiger partial charge is 0.222 e. The van der Waals surface area contributed by atoms with Gasteiger partial charge in [0.05, 0.1) is 0 Å². The van der Waals surface area contributed by atoms with Gasteiger partial charge in [0.25, 0.3) is 0 Å². The summed E-state index contributed by atoms with van der Waals surface area (Å²) in [5, 5.41) is 0. The predicted octanol–water partition coefficient (Wildman–Crippen LogP) is 10.8. The van der Waals surface area contributed by atoms with Crippen molar-refractivity contribution in [2.75, 3.05) is 13.1 Å². The van der Waals surface area contributed by atoms with E-state index in [0.29, 0.717) is 5.91 Å². The lowest BCUT2D eigenvalue weighted by Gasteiger charge is -2.14. The third-order valence-corrected chi connectivity index (χ3v) is 7.95. The summed E-state index contributed by atoms with van der Waals surface area (Å²) in [7, 11) is 0. The lowest BCUT2D eigenvalue weighted by Crippen LogP contribution is -2.25. The number of likely N-dealkylation sites (tertiary alicyclic amines) is 1. The first-order chi connectivity index (χ1) is 16.8. The number of amides is 1. The van der Waals surface area contributed by atoms with E-state index in [2.05, 4.69) is 11.8 Å². The monoisotopic (exact) mass is 477 g/mol. The zero-order chi connectivity index (χ0) is 24.4. The molecule has 0 aromatic heterocycles. The first-order valence-corrected chi connectivity index (χ1v) is 16.1. The van der Waals surface area contributed by atoms with Gasteiger partial charge in [-0.1, -0.05) is 167 Å². The Balaban J connectivity index is 1.62. The summed E-state index contributed by atoms with van der Waals surface area (Å²) in [6, 6.07) is 0. The minimum Gasteiger partial charge on any atom is -0.343 e. The molecule has 1 saturated heterocycles. The standard InChI is InChI=1S/C32H63NO/c1-2-3-4-5-6-7-8-9-10-11-12-13-14-15-16-17-18-19-20-21-22-23-24-25-26-27-30-33-31-28-29-32(33)34/h2-31H2,1H3. The van der Waals surface area contributed by atoms with Crippen LogP contribution in [0.5, 0.6) is 0 Å². The lowest BCUT2D eigenvalue weighted by atomic mass is 10.0. The van der Waals surface area contributed by atoms with E-state index in [4.69, 9.17) is 0 Å². The molecule has 0 N–H and O–H groups in total. The van der Waals surface area contributed by atoms with Gasteiger partial charge in [0.1, 0.15) is 0 Å². The van der Waals surface area contributed by atoms with Gasteiger partial charge in [-0.3, -0.25) is 4.79 Å². The average molecular weight is 478 g/mol. The summed E-state index contributed by atoms with van der Waals surface area (Å²) in [4.78, 5) is 13.6. The van der Waals surface area contributed by atoms with E-state index in [-0.39, 0.29) is 0 Å². The number of carbonyl (C=O) groups is 1. The molecule has 0 aromatic rings. The fourth-order valence-electron chi connectivity index (χ4n) is 5.56. The van der Waals surface area contributed by atoms with Crippen molar-refractivity contribution >= 4 is 5.91 Å². The molecule has 1 aliphatic rings. The van der Waals surface area contributed by atoms with Crippen molar-refractivity contribution in [2.45, 2.75) is 187 Å². The second-order valence-electron chi connectivity index (χ2n) is 11.3. The highest BCUT2D eigenvalue weighted by Crippen LogP contribution is 2.16. The third-order valence-electron chi connectivity index (χ3n) is 7.95. The molecule has 1 amide bonds. The first kappa shape index (κ1) is 31.5. The Hall–Kier alpha value is -0.530. The molecule has 2 nitrogen and oxygen atoms in total. The van der Waals surface area contributed by atoms with Crippen LogP contribution < -0.4 is 0 Å². The van der Waals surface area contributed by atoms with E-state index in [9.17, 15) is 4.79 Å². The average Bonchev–Trinajstić information content (AvgIpc) is 3.25. The van der Waals surface area contributed by atoms with Crippen molar-refractivity contribution in [1.29, 1.82) is 0 Å². The molecule has 0 atom stereocenters. The Morgan fingerprint density at radius 1 is 0.471 bits per heavy atom. The SMILES string of the molecule is CCCCCCCCCCCCCCCCCCCCCCCCCCCCN1CCCC1=O. The van der Waals surface area contributed by atoms with Crippen LogP contribution in [0.25, 0.3) is 0 Å². The maximum atomic E-state index is 11.6. The van der Waals surface area contributed by atoms with Crippen molar-refractivity contribution in [2.24, 2.45) is 0 Å². The molecule has 0 radical (unpaired) electrons. The van der Waals surface area contributed by atoms with Crippen molar-refractivity contribution in [1.82, 2.24) is 4.90 Å².